The zero-order chi connectivity index (χ0) is 18.6. The molecule has 0 aromatic heterocycles. The molecule has 3 amide bonds. The van der Waals surface area contributed by atoms with Crippen molar-refractivity contribution in [3.8, 4) is 0 Å². The van der Waals surface area contributed by atoms with E-state index in [1.54, 1.807) is 0 Å². The van der Waals surface area contributed by atoms with Crippen LogP contribution in [-0.2, 0) is 14.4 Å². The summed E-state index contributed by atoms with van der Waals surface area (Å²) in [5.41, 5.74) is 2.75. The minimum Gasteiger partial charge on any atom is -0.326 e. The van der Waals surface area contributed by atoms with Crippen LogP contribution < -0.4 is 5.32 Å². The van der Waals surface area contributed by atoms with E-state index in [2.05, 4.69) is 33.4 Å². The van der Waals surface area contributed by atoms with Crippen LogP contribution in [0.4, 0.5) is 5.69 Å². The Morgan fingerprint density at radius 1 is 1.12 bits per heavy atom. The molecule has 2 bridgehead atoms. The van der Waals surface area contributed by atoms with Crippen LogP contribution in [0, 0.1) is 37.5 Å². The molecule has 0 spiro atoms. The molecule has 6 heteroatoms. The lowest BCUT2D eigenvalue weighted by Gasteiger charge is -2.17. The topological polar surface area (TPSA) is 66.5 Å². The maximum absolute atomic E-state index is 12.6. The van der Waals surface area contributed by atoms with E-state index in [0.29, 0.717) is 0 Å². The van der Waals surface area contributed by atoms with Gasteiger partial charge in [0.1, 0.15) is 0 Å². The molecule has 1 aromatic carbocycles. The van der Waals surface area contributed by atoms with Crippen molar-refractivity contribution in [2.75, 3.05) is 11.9 Å². The second-order valence-electron chi connectivity index (χ2n) is 7.54. The molecule has 1 saturated carbocycles. The maximum atomic E-state index is 12.6. The molecule has 4 rings (SSSR count). The number of fused-ring (bicyclic) bond motifs is 5. The van der Waals surface area contributed by atoms with Crippen LogP contribution in [0.5, 0.6) is 0 Å². The molecule has 0 radical (unpaired) electrons. The Hall–Kier alpha value is -1.95. The molecule has 1 aliphatic heterocycles. The van der Waals surface area contributed by atoms with E-state index in [-0.39, 0.29) is 54.4 Å². The van der Waals surface area contributed by atoms with Crippen molar-refractivity contribution in [2.24, 2.45) is 23.7 Å². The van der Waals surface area contributed by atoms with Crippen LogP contribution in [0.3, 0.4) is 0 Å². The number of nitrogens with one attached hydrogen (secondary N) is 1. The lowest BCUT2D eigenvalue weighted by atomic mass is 9.85. The number of benzene rings is 1. The fourth-order valence-electron chi connectivity index (χ4n) is 4.53. The first kappa shape index (κ1) is 17.5. The number of carbonyl (C=O) groups is 3. The first-order valence-corrected chi connectivity index (χ1v) is 9.76. The van der Waals surface area contributed by atoms with Crippen LogP contribution in [0.1, 0.15) is 24.0 Å². The average Bonchev–Trinajstić information content (AvgIpc) is 3.26. The molecule has 1 saturated heterocycles. The number of aryl methyl sites for hydroxylation is 2. The summed E-state index contributed by atoms with van der Waals surface area (Å²) >= 11 is 3.47. The van der Waals surface area contributed by atoms with Gasteiger partial charge >= 0.3 is 0 Å². The van der Waals surface area contributed by atoms with Gasteiger partial charge in [0.05, 0.1) is 11.8 Å². The largest absolute Gasteiger partial charge is 0.326 e. The molecule has 0 unspecified atom stereocenters. The lowest BCUT2D eigenvalue weighted by Crippen LogP contribution is -2.35. The first-order valence-electron chi connectivity index (χ1n) is 8.97. The highest BCUT2D eigenvalue weighted by molar-refractivity contribution is 9.10. The van der Waals surface area contributed by atoms with Gasteiger partial charge in [-0.25, -0.2) is 0 Å². The van der Waals surface area contributed by atoms with Gasteiger partial charge in [0.25, 0.3) is 0 Å². The van der Waals surface area contributed by atoms with E-state index in [1.165, 1.54) is 4.90 Å². The summed E-state index contributed by atoms with van der Waals surface area (Å²) < 4.78 is 0.996. The van der Waals surface area contributed by atoms with Gasteiger partial charge in [-0.3, -0.25) is 19.3 Å². The van der Waals surface area contributed by atoms with Crippen molar-refractivity contribution >= 4 is 39.3 Å². The number of amides is 3. The van der Waals surface area contributed by atoms with Gasteiger partial charge in [0.2, 0.25) is 17.7 Å². The summed E-state index contributed by atoms with van der Waals surface area (Å²) in [7, 11) is 0. The van der Waals surface area contributed by atoms with Crippen LogP contribution in [0.15, 0.2) is 28.8 Å². The number of rotatable bonds is 4. The highest BCUT2D eigenvalue weighted by atomic mass is 79.9. The molecule has 4 atom stereocenters. The van der Waals surface area contributed by atoms with Crippen LogP contribution in [0.2, 0.25) is 0 Å². The molecular weight excluding hydrogens is 396 g/mol. The molecular formula is C20H21BrN2O3. The molecule has 5 nitrogen and oxygen atoms in total. The zero-order valence-corrected chi connectivity index (χ0v) is 16.4. The smallest absolute Gasteiger partial charge is 0.233 e. The number of likely N-dealkylation sites (tertiary alicyclic amines) is 1. The van der Waals surface area contributed by atoms with Gasteiger partial charge in [-0.2, -0.15) is 0 Å². The Kier molecular flexibility index (Phi) is 4.26. The van der Waals surface area contributed by atoms with E-state index >= 15 is 0 Å². The van der Waals surface area contributed by atoms with Gasteiger partial charge < -0.3 is 5.32 Å². The highest BCUT2D eigenvalue weighted by Crippen LogP contribution is 2.52. The Labute approximate surface area is 160 Å². The van der Waals surface area contributed by atoms with Crippen LogP contribution in [0.25, 0.3) is 0 Å². The molecule has 136 valence electrons. The summed E-state index contributed by atoms with van der Waals surface area (Å²) in [5, 5.41) is 2.89. The van der Waals surface area contributed by atoms with Crippen molar-refractivity contribution in [3.63, 3.8) is 0 Å². The fourth-order valence-corrected chi connectivity index (χ4v) is 4.98. The predicted octanol–water partition coefficient (Wildman–Crippen LogP) is 3.20. The number of hydrogen-bond acceptors (Lipinski definition) is 3. The van der Waals surface area contributed by atoms with Crippen molar-refractivity contribution in [3.05, 3.63) is 39.9 Å². The summed E-state index contributed by atoms with van der Waals surface area (Å²) in [5.74, 6) is -0.370. The van der Waals surface area contributed by atoms with Crippen LogP contribution >= 0.6 is 15.9 Å². The van der Waals surface area contributed by atoms with Gasteiger partial charge in [0, 0.05) is 23.1 Å². The highest BCUT2D eigenvalue weighted by Gasteiger charge is 2.58. The summed E-state index contributed by atoms with van der Waals surface area (Å²) in [4.78, 5) is 38.9. The minimum atomic E-state index is -0.197. The zero-order valence-electron chi connectivity index (χ0n) is 14.8. The Bertz CT molecular complexity index is 818. The van der Waals surface area contributed by atoms with Crippen molar-refractivity contribution in [1.82, 2.24) is 4.90 Å². The molecule has 2 fully saturated rings. The third-order valence-electron chi connectivity index (χ3n) is 5.90. The molecule has 2 aliphatic carbocycles. The molecule has 3 aliphatic rings. The van der Waals surface area contributed by atoms with E-state index in [1.807, 2.05) is 26.0 Å². The van der Waals surface area contributed by atoms with Crippen LogP contribution in [-0.4, -0.2) is 29.2 Å². The summed E-state index contributed by atoms with van der Waals surface area (Å²) in [6.45, 7) is 4.05. The third-order valence-corrected chi connectivity index (χ3v) is 6.76. The number of halogens is 1. The Balaban J connectivity index is 1.39. The van der Waals surface area contributed by atoms with E-state index < -0.39 is 0 Å². The Morgan fingerprint density at radius 3 is 2.35 bits per heavy atom. The second kappa shape index (κ2) is 6.34. The number of carbonyl (C=O) groups excluding carboxylic acids is 3. The third kappa shape index (κ3) is 2.71. The Morgan fingerprint density at radius 2 is 1.73 bits per heavy atom. The molecule has 1 aromatic rings. The maximum Gasteiger partial charge on any atom is 0.233 e. The average molecular weight is 417 g/mol. The molecule has 26 heavy (non-hydrogen) atoms. The van der Waals surface area contributed by atoms with Gasteiger partial charge in [-0.15, -0.1) is 0 Å². The van der Waals surface area contributed by atoms with Crippen molar-refractivity contribution < 1.29 is 14.4 Å². The number of allylic oxidation sites excluding steroid dienone is 2. The molecule has 1 N–H and O–H groups in total. The second-order valence-corrected chi connectivity index (χ2v) is 8.40. The summed E-state index contributed by atoms with van der Waals surface area (Å²) in [6.07, 6.45) is 5.19. The number of nitrogens with zero attached hydrogens (tertiary/aromatic N) is 1. The minimum absolute atomic E-state index is 0.0969. The van der Waals surface area contributed by atoms with Gasteiger partial charge in [-0.1, -0.05) is 28.1 Å². The predicted molar refractivity (Wildman–Crippen MR) is 101 cm³/mol. The summed E-state index contributed by atoms with van der Waals surface area (Å²) in [6, 6.07) is 3.87. The number of anilines is 1. The monoisotopic (exact) mass is 416 g/mol. The lowest BCUT2D eigenvalue weighted by molar-refractivity contribution is -0.140. The number of imide groups is 1. The fraction of sp³-hybridized carbons (Fsp3) is 0.450. The quantitative estimate of drug-likeness (QED) is 0.605. The first-order chi connectivity index (χ1) is 12.4. The van der Waals surface area contributed by atoms with Gasteiger partial charge in [0.15, 0.2) is 0 Å². The molecule has 1 heterocycles. The van der Waals surface area contributed by atoms with E-state index in [0.717, 1.165) is 27.7 Å². The van der Waals surface area contributed by atoms with E-state index in [9.17, 15) is 14.4 Å². The standard InChI is InChI=1S/C20H21BrN2O3/c1-10-8-15(11(2)7-14(10)21)22-16(24)5-6-23-19(25)17-12-3-4-13(9-12)18(17)20(23)26/h3-4,7-8,12-13,17-18H,5-6,9H2,1-2H3,(H,22,24)/t12-,13-,17-,18-/m0/s1. The van der Waals surface area contributed by atoms with Crippen molar-refractivity contribution in [1.29, 1.82) is 0 Å². The SMILES string of the molecule is Cc1cc(NC(=O)CCN2C(=O)[C@@H]3[C@@H](C2=O)[C@H]2C=C[C@H]3C2)c(C)cc1Br. The van der Waals surface area contributed by atoms with E-state index in [4.69, 9.17) is 0 Å². The van der Waals surface area contributed by atoms with Crippen molar-refractivity contribution in [2.45, 2.75) is 26.7 Å². The number of hydrogen-bond donors (Lipinski definition) is 1. The van der Waals surface area contributed by atoms with Gasteiger partial charge in [-0.05, 0) is 55.4 Å². The normalized spacial score (nSPS) is 28.8.